The molecule has 0 aromatic carbocycles. The van der Waals surface area contributed by atoms with Crippen molar-refractivity contribution in [2.75, 3.05) is 5.75 Å². The van der Waals surface area contributed by atoms with Crippen molar-refractivity contribution in [1.29, 1.82) is 0 Å². The van der Waals surface area contributed by atoms with E-state index >= 15 is 0 Å². The van der Waals surface area contributed by atoms with E-state index in [0.29, 0.717) is 0 Å². The molecular formula is C3H6O4S. The first-order valence-corrected chi connectivity index (χ1v) is 3.34. The Morgan fingerprint density at radius 1 is 1.62 bits per heavy atom. The van der Waals surface area contributed by atoms with Crippen LogP contribution in [0.25, 0.3) is 0 Å². The number of hydrogen-bond acceptors (Lipinski definition) is 3. The lowest BCUT2D eigenvalue weighted by Crippen LogP contribution is -2.04. The van der Waals surface area contributed by atoms with E-state index in [9.17, 15) is 8.42 Å². The summed E-state index contributed by atoms with van der Waals surface area (Å²) in [5.74, 6) is -1.35. The zero-order chi connectivity index (χ0) is 6.78. The second-order valence-corrected chi connectivity index (χ2v) is 2.74. The third kappa shape index (κ3) is 5.45. The van der Waals surface area contributed by atoms with E-state index in [4.69, 9.17) is 9.66 Å². The quantitative estimate of drug-likeness (QED) is 0.414. The van der Waals surface area contributed by atoms with E-state index in [1.165, 1.54) is 0 Å². The third-order valence-corrected chi connectivity index (χ3v) is 1.05. The van der Waals surface area contributed by atoms with Gasteiger partial charge in [0.2, 0.25) is 0 Å². The van der Waals surface area contributed by atoms with Crippen molar-refractivity contribution in [1.82, 2.24) is 0 Å². The van der Waals surface area contributed by atoms with Crippen molar-refractivity contribution in [2.24, 2.45) is 0 Å². The van der Waals surface area contributed by atoms with Crippen LogP contribution in [-0.4, -0.2) is 23.8 Å². The van der Waals surface area contributed by atoms with Gasteiger partial charge in [-0.3, -0.25) is 4.55 Å². The summed E-state index contributed by atoms with van der Waals surface area (Å²) in [6.07, 6.45) is 0. The van der Waals surface area contributed by atoms with Gasteiger partial charge in [0.15, 0.2) is 0 Å². The van der Waals surface area contributed by atoms with E-state index in [2.05, 4.69) is 6.58 Å². The first-order chi connectivity index (χ1) is 3.42. The zero-order valence-electron chi connectivity index (χ0n) is 4.03. The van der Waals surface area contributed by atoms with Gasteiger partial charge in [0.25, 0.3) is 10.1 Å². The Balaban J connectivity index is 3.95. The molecular weight excluding hydrogens is 132 g/mol. The largest absolute Gasteiger partial charge is 0.512 e. The maximum atomic E-state index is 9.78. The predicted molar refractivity (Wildman–Crippen MR) is 28.2 cm³/mol. The standard InChI is InChI=1S/C3H6O4S/c1-3(4)2-8(5,6)7/h4H,1-2H2,(H,5,6,7). The highest BCUT2D eigenvalue weighted by molar-refractivity contribution is 7.85. The highest BCUT2D eigenvalue weighted by Crippen LogP contribution is 1.88. The molecule has 0 aliphatic rings. The highest BCUT2D eigenvalue weighted by Gasteiger charge is 2.04. The Bertz CT molecular complexity index is 177. The van der Waals surface area contributed by atoms with Crippen LogP contribution in [0.4, 0.5) is 0 Å². The van der Waals surface area contributed by atoms with Gasteiger partial charge >= 0.3 is 0 Å². The lowest BCUT2D eigenvalue weighted by molar-refractivity contribution is 0.408. The Kier molecular flexibility index (Phi) is 2.00. The van der Waals surface area contributed by atoms with Crippen molar-refractivity contribution in [3.8, 4) is 0 Å². The van der Waals surface area contributed by atoms with Crippen molar-refractivity contribution in [3.63, 3.8) is 0 Å². The molecule has 0 saturated heterocycles. The van der Waals surface area contributed by atoms with Crippen molar-refractivity contribution in [2.45, 2.75) is 0 Å². The monoisotopic (exact) mass is 138 g/mol. The first kappa shape index (κ1) is 7.45. The van der Waals surface area contributed by atoms with Crippen LogP contribution in [0.3, 0.4) is 0 Å². The van der Waals surface area contributed by atoms with Gasteiger partial charge in [-0.15, -0.1) is 0 Å². The molecule has 0 atom stereocenters. The van der Waals surface area contributed by atoms with Crippen molar-refractivity contribution < 1.29 is 18.1 Å². The highest BCUT2D eigenvalue weighted by atomic mass is 32.2. The molecule has 0 saturated carbocycles. The molecule has 48 valence electrons. The van der Waals surface area contributed by atoms with E-state index < -0.39 is 21.6 Å². The normalized spacial score (nSPS) is 11.1. The molecule has 0 bridgehead atoms. The number of aliphatic hydroxyl groups excluding tert-OH is 1. The second-order valence-electron chi connectivity index (χ2n) is 1.29. The molecule has 0 aromatic heterocycles. The fourth-order valence-corrected chi connectivity index (χ4v) is 0.632. The molecule has 0 spiro atoms. The topological polar surface area (TPSA) is 74.6 Å². The summed E-state index contributed by atoms with van der Waals surface area (Å²) in [6.45, 7) is 2.86. The molecule has 0 rings (SSSR count). The van der Waals surface area contributed by atoms with Crippen LogP contribution in [0.2, 0.25) is 0 Å². The van der Waals surface area contributed by atoms with Gasteiger partial charge in [0.1, 0.15) is 11.5 Å². The van der Waals surface area contributed by atoms with Gasteiger partial charge < -0.3 is 5.11 Å². The average Bonchev–Trinajstić information content (AvgIpc) is 1.21. The molecule has 0 heterocycles. The molecule has 0 radical (unpaired) electrons. The smallest absolute Gasteiger partial charge is 0.272 e. The fraction of sp³-hybridized carbons (Fsp3) is 0.333. The molecule has 2 N–H and O–H groups in total. The van der Waals surface area contributed by atoms with Gasteiger partial charge in [0, 0.05) is 0 Å². The van der Waals surface area contributed by atoms with Crippen molar-refractivity contribution >= 4 is 10.1 Å². The summed E-state index contributed by atoms with van der Waals surface area (Å²) in [5.41, 5.74) is 0. The van der Waals surface area contributed by atoms with Crippen LogP contribution >= 0.6 is 0 Å². The number of rotatable bonds is 2. The summed E-state index contributed by atoms with van der Waals surface area (Å²) >= 11 is 0. The van der Waals surface area contributed by atoms with Crippen LogP contribution in [-0.2, 0) is 10.1 Å². The Morgan fingerprint density at radius 3 is 2.00 bits per heavy atom. The zero-order valence-corrected chi connectivity index (χ0v) is 4.85. The molecule has 5 heteroatoms. The van der Waals surface area contributed by atoms with E-state index in [1.54, 1.807) is 0 Å². The predicted octanol–water partition coefficient (Wildman–Crippen LogP) is -0.0541. The summed E-state index contributed by atoms with van der Waals surface area (Å²) in [6, 6.07) is 0. The van der Waals surface area contributed by atoms with Gasteiger partial charge in [-0.05, 0) is 0 Å². The molecule has 0 aliphatic heterocycles. The van der Waals surface area contributed by atoms with Crippen molar-refractivity contribution in [3.05, 3.63) is 12.3 Å². The summed E-state index contributed by atoms with van der Waals surface area (Å²) in [7, 11) is -4.07. The van der Waals surface area contributed by atoms with Crippen LogP contribution in [0.1, 0.15) is 0 Å². The van der Waals surface area contributed by atoms with Crippen LogP contribution in [0.5, 0.6) is 0 Å². The first-order valence-electron chi connectivity index (χ1n) is 1.74. The fourth-order valence-electron chi connectivity index (χ4n) is 0.211. The van der Waals surface area contributed by atoms with Gasteiger partial charge in [-0.2, -0.15) is 8.42 Å². The molecule has 0 aromatic rings. The summed E-state index contributed by atoms with van der Waals surface area (Å²) < 4.78 is 27.5. The lowest BCUT2D eigenvalue weighted by Gasteiger charge is -1.90. The van der Waals surface area contributed by atoms with E-state index in [1.807, 2.05) is 0 Å². The minimum absolute atomic E-state index is 0.562. The van der Waals surface area contributed by atoms with Gasteiger partial charge in [-0.1, -0.05) is 6.58 Å². The van der Waals surface area contributed by atoms with Gasteiger partial charge in [-0.25, -0.2) is 0 Å². The van der Waals surface area contributed by atoms with Crippen LogP contribution in [0.15, 0.2) is 12.3 Å². The average molecular weight is 138 g/mol. The van der Waals surface area contributed by atoms with Gasteiger partial charge in [0.05, 0.1) is 0 Å². The summed E-state index contributed by atoms with van der Waals surface area (Å²) in [5, 5.41) is 8.15. The number of aliphatic hydroxyl groups is 1. The minimum Gasteiger partial charge on any atom is -0.512 e. The molecule has 0 fully saturated rings. The van der Waals surface area contributed by atoms with E-state index in [-0.39, 0.29) is 0 Å². The molecule has 4 nitrogen and oxygen atoms in total. The molecule has 0 amide bonds. The molecule has 0 aliphatic carbocycles. The Labute approximate surface area is 47.2 Å². The minimum atomic E-state index is -4.07. The lowest BCUT2D eigenvalue weighted by atomic mass is 10.7. The van der Waals surface area contributed by atoms with Crippen LogP contribution in [0, 0.1) is 0 Å². The molecule has 8 heavy (non-hydrogen) atoms. The maximum Gasteiger partial charge on any atom is 0.272 e. The summed E-state index contributed by atoms with van der Waals surface area (Å²) in [4.78, 5) is 0. The Hall–Kier alpha value is -0.550. The molecule has 0 unspecified atom stereocenters. The second kappa shape index (κ2) is 2.15. The third-order valence-electron chi connectivity index (χ3n) is 0.349. The Morgan fingerprint density at radius 2 is 2.00 bits per heavy atom. The maximum absolute atomic E-state index is 9.78. The van der Waals surface area contributed by atoms with Crippen LogP contribution < -0.4 is 0 Å². The van der Waals surface area contributed by atoms with E-state index in [0.717, 1.165) is 0 Å². The SMILES string of the molecule is C=C(O)CS(=O)(=O)O. The number of hydrogen-bond donors (Lipinski definition) is 2.